The second-order valence-corrected chi connectivity index (χ2v) is 10.0. The SMILES string of the molecule is CCCCCCc1ccc(-c2cccc(-c3cc(-c4ccc(CCCCCC)cc4)ccn3)c2)cc1. The summed E-state index contributed by atoms with van der Waals surface area (Å²) in [6.45, 7) is 4.53. The normalized spacial score (nSPS) is 11.1. The number of aryl methyl sites for hydroxylation is 2. The molecule has 0 radical (unpaired) electrons. The Labute approximate surface area is 218 Å². The lowest BCUT2D eigenvalue weighted by atomic mass is 9.97. The van der Waals surface area contributed by atoms with Crippen molar-refractivity contribution >= 4 is 0 Å². The van der Waals surface area contributed by atoms with E-state index < -0.39 is 0 Å². The van der Waals surface area contributed by atoms with Crippen LogP contribution in [0, 0.1) is 0 Å². The molecule has 0 unspecified atom stereocenters. The lowest BCUT2D eigenvalue weighted by molar-refractivity contribution is 0.667. The molecule has 1 aromatic heterocycles. The molecular formula is C35H41N. The van der Waals surface area contributed by atoms with Crippen LogP contribution >= 0.6 is 0 Å². The summed E-state index contributed by atoms with van der Waals surface area (Å²) in [6, 6.07) is 31.3. The molecule has 4 aromatic rings. The summed E-state index contributed by atoms with van der Waals surface area (Å²) in [5.74, 6) is 0. The van der Waals surface area contributed by atoms with E-state index >= 15 is 0 Å². The average molecular weight is 476 g/mol. The van der Waals surface area contributed by atoms with Crippen LogP contribution in [0.25, 0.3) is 33.5 Å². The third kappa shape index (κ3) is 7.40. The molecule has 186 valence electrons. The van der Waals surface area contributed by atoms with E-state index in [1.165, 1.54) is 97.6 Å². The van der Waals surface area contributed by atoms with Gasteiger partial charge in [-0.3, -0.25) is 4.98 Å². The van der Waals surface area contributed by atoms with E-state index in [0.29, 0.717) is 0 Å². The Hall–Kier alpha value is -3.19. The first-order chi connectivity index (χ1) is 17.8. The predicted molar refractivity (Wildman–Crippen MR) is 156 cm³/mol. The van der Waals surface area contributed by atoms with E-state index in [2.05, 4.69) is 98.8 Å². The number of aromatic nitrogens is 1. The van der Waals surface area contributed by atoms with Crippen molar-refractivity contribution in [3.05, 3.63) is 102 Å². The number of nitrogens with zero attached hydrogens (tertiary/aromatic N) is 1. The molecule has 0 fully saturated rings. The highest BCUT2D eigenvalue weighted by Gasteiger charge is 2.06. The second-order valence-electron chi connectivity index (χ2n) is 10.0. The van der Waals surface area contributed by atoms with Gasteiger partial charge in [-0.1, -0.05) is 119 Å². The van der Waals surface area contributed by atoms with Gasteiger partial charge in [0, 0.05) is 11.8 Å². The van der Waals surface area contributed by atoms with E-state index in [1.54, 1.807) is 0 Å². The van der Waals surface area contributed by atoms with Crippen molar-refractivity contribution in [1.82, 2.24) is 4.98 Å². The molecule has 0 bridgehead atoms. The van der Waals surface area contributed by atoms with Crippen molar-refractivity contribution < 1.29 is 0 Å². The maximum absolute atomic E-state index is 4.71. The van der Waals surface area contributed by atoms with Gasteiger partial charge in [-0.15, -0.1) is 0 Å². The molecular weight excluding hydrogens is 434 g/mol. The Morgan fingerprint density at radius 3 is 1.56 bits per heavy atom. The van der Waals surface area contributed by atoms with Crippen molar-refractivity contribution in [1.29, 1.82) is 0 Å². The highest BCUT2D eigenvalue weighted by molar-refractivity contribution is 5.74. The average Bonchev–Trinajstić information content (AvgIpc) is 2.94. The van der Waals surface area contributed by atoms with Gasteiger partial charge in [0.2, 0.25) is 0 Å². The summed E-state index contributed by atoms with van der Waals surface area (Å²) in [5.41, 5.74) is 10.0. The molecule has 1 heterocycles. The number of hydrogen-bond donors (Lipinski definition) is 0. The fourth-order valence-electron chi connectivity index (χ4n) is 4.87. The molecule has 0 aliphatic carbocycles. The predicted octanol–water partition coefficient (Wildman–Crippen LogP) is 10.3. The maximum atomic E-state index is 4.71. The summed E-state index contributed by atoms with van der Waals surface area (Å²) in [5, 5.41) is 0. The van der Waals surface area contributed by atoms with Crippen LogP contribution in [0.2, 0.25) is 0 Å². The molecule has 0 saturated heterocycles. The Morgan fingerprint density at radius 2 is 1.00 bits per heavy atom. The smallest absolute Gasteiger partial charge is 0.0708 e. The summed E-state index contributed by atoms with van der Waals surface area (Å²) in [7, 11) is 0. The van der Waals surface area contributed by atoms with Gasteiger partial charge in [-0.05, 0) is 77.3 Å². The van der Waals surface area contributed by atoms with Gasteiger partial charge >= 0.3 is 0 Å². The summed E-state index contributed by atoms with van der Waals surface area (Å²) in [4.78, 5) is 4.71. The van der Waals surface area contributed by atoms with Crippen molar-refractivity contribution in [2.45, 2.75) is 78.1 Å². The van der Waals surface area contributed by atoms with Crippen molar-refractivity contribution in [3.8, 4) is 33.5 Å². The van der Waals surface area contributed by atoms with Crippen LogP contribution in [0.5, 0.6) is 0 Å². The first-order valence-corrected chi connectivity index (χ1v) is 14.0. The zero-order valence-corrected chi connectivity index (χ0v) is 22.2. The molecule has 0 N–H and O–H groups in total. The second kappa shape index (κ2) is 13.8. The molecule has 4 rings (SSSR count). The lowest BCUT2D eigenvalue weighted by Crippen LogP contribution is -1.89. The van der Waals surface area contributed by atoms with Crippen LogP contribution < -0.4 is 0 Å². The van der Waals surface area contributed by atoms with Crippen LogP contribution in [0.15, 0.2) is 91.1 Å². The van der Waals surface area contributed by atoms with Crippen LogP contribution in [0.3, 0.4) is 0 Å². The molecule has 1 heteroatoms. The lowest BCUT2D eigenvalue weighted by Gasteiger charge is -2.09. The molecule has 0 amide bonds. The molecule has 3 aromatic carbocycles. The first-order valence-electron chi connectivity index (χ1n) is 14.0. The van der Waals surface area contributed by atoms with Gasteiger partial charge in [0.1, 0.15) is 0 Å². The summed E-state index contributed by atoms with van der Waals surface area (Å²) in [6.07, 6.45) is 14.8. The number of hydrogen-bond acceptors (Lipinski definition) is 1. The molecule has 36 heavy (non-hydrogen) atoms. The van der Waals surface area contributed by atoms with Gasteiger partial charge in [-0.25, -0.2) is 0 Å². The van der Waals surface area contributed by atoms with Gasteiger partial charge in [0.15, 0.2) is 0 Å². The standard InChI is InChI=1S/C35H41N/c1-3-5-7-9-12-28-16-20-30(21-17-28)32-14-11-15-34(26-32)35-27-33(24-25-36-35)31-22-18-29(19-23-31)13-10-8-6-4-2/h11,14-27H,3-10,12-13H2,1-2H3. The zero-order valence-electron chi connectivity index (χ0n) is 22.2. The molecule has 1 nitrogen and oxygen atoms in total. The number of pyridine rings is 1. The van der Waals surface area contributed by atoms with Crippen molar-refractivity contribution in [2.75, 3.05) is 0 Å². The highest BCUT2D eigenvalue weighted by Crippen LogP contribution is 2.29. The minimum Gasteiger partial charge on any atom is -0.256 e. The van der Waals surface area contributed by atoms with E-state index in [0.717, 1.165) is 11.3 Å². The molecule has 0 spiro atoms. The van der Waals surface area contributed by atoms with Gasteiger partial charge in [-0.2, -0.15) is 0 Å². The number of unbranched alkanes of at least 4 members (excludes halogenated alkanes) is 6. The summed E-state index contributed by atoms with van der Waals surface area (Å²) >= 11 is 0. The Kier molecular flexibility index (Phi) is 9.91. The number of benzene rings is 3. The van der Waals surface area contributed by atoms with Crippen LogP contribution in [0.1, 0.15) is 76.3 Å². The van der Waals surface area contributed by atoms with Crippen LogP contribution in [-0.2, 0) is 12.8 Å². The molecule has 0 aliphatic rings. The fraction of sp³-hybridized carbons (Fsp3) is 0.343. The monoisotopic (exact) mass is 475 g/mol. The van der Waals surface area contributed by atoms with Crippen molar-refractivity contribution in [3.63, 3.8) is 0 Å². The summed E-state index contributed by atoms with van der Waals surface area (Å²) < 4.78 is 0. The first kappa shape index (κ1) is 25.9. The minimum absolute atomic E-state index is 1.02. The van der Waals surface area contributed by atoms with Gasteiger partial charge in [0.25, 0.3) is 0 Å². The third-order valence-corrected chi connectivity index (χ3v) is 7.13. The Bertz CT molecular complexity index is 1090. The molecule has 0 atom stereocenters. The fourth-order valence-corrected chi connectivity index (χ4v) is 4.87. The molecule has 0 saturated carbocycles. The Balaban J connectivity index is 1.45. The zero-order chi connectivity index (χ0) is 25.0. The van der Waals surface area contributed by atoms with E-state index in [1.807, 2.05) is 6.20 Å². The van der Waals surface area contributed by atoms with Gasteiger partial charge < -0.3 is 0 Å². The van der Waals surface area contributed by atoms with Gasteiger partial charge in [0.05, 0.1) is 5.69 Å². The van der Waals surface area contributed by atoms with Crippen LogP contribution in [-0.4, -0.2) is 4.98 Å². The molecule has 0 aliphatic heterocycles. The Morgan fingerprint density at radius 1 is 0.472 bits per heavy atom. The highest BCUT2D eigenvalue weighted by atomic mass is 14.7. The number of rotatable bonds is 13. The third-order valence-electron chi connectivity index (χ3n) is 7.13. The van der Waals surface area contributed by atoms with E-state index in [9.17, 15) is 0 Å². The minimum atomic E-state index is 1.02. The van der Waals surface area contributed by atoms with Crippen molar-refractivity contribution in [2.24, 2.45) is 0 Å². The van der Waals surface area contributed by atoms with E-state index in [-0.39, 0.29) is 0 Å². The topological polar surface area (TPSA) is 12.9 Å². The van der Waals surface area contributed by atoms with E-state index in [4.69, 9.17) is 4.98 Å². The quantitative estimate of drug-likeness (QED) is 0.175. The van der Waals surface area contributed by atoms with Crippen LogP contribution in [0.4, 0.5) is 0 Å². The largest absolute Gasteiger partial charge is 0.256 e. The maximum Gasteiger partial charge on any atom is 0.0708 e.